The van der Waals surface area contributed by atoms with Crippen LogP contribution in [0.3, 0.4) is 0 Å². The summed E-state index contributed by atoms with van der Waals surface area (Å²) in [6, 6.07) is 15.2. The molecule has 0 bridgehead atoms. The van der Waals surface area contributed by atoms with Crippen molar-refractivity contribution < 1.29 is 9.32 Å². The van der Waals surface area contributed by atoms with Gasteiger partial charge in [0.15, 0.2) is 11.5 Å². The Kier molecular flexibility index (Phi) is 5.90. The number of aryl methyl sites for hydroxylation is 1. The zero-order valence-corrected chi connectivity index (χ0v) is 17.6. The van der Waals surface area contributed by atoms with Crippen molar-refractivity contribution in [2.45, 2.75) is 13.5 Å². The van der Waals surface area contributed by atoms with Gasteiger partial charge in [-0.2, -0.15) is 0 Å². The molecule has 0 radical (unpaired) electrons. The first kappa shape index (κ1) is 20.0. The predicted octanol–water partition coefficient (Wildman–Crippen LogP) is 4.91. The van der Waals surface area contributed by atoms with E-state index in [2.05, 4.69) is 10.1 Å². The molecule has 4 rings (SSSR count). The summed E-state index contributed by atoms with van der Waals surface area (Å²) >= 11 is 12.2. The molecule has 1 saturated heterocycles. The summed E-state index contributed by atoms with van der Waals surface area (Å²) in [7, 11) is 0. The molecule has 1 aliphatic rings. The van der Waals surface area contributed by atoms with E-state index < -0.39 is 0 Å². The summed E-state index contributed by atoms with van der Waals surface area (Å²) in [4.78, 5) is 16.9. The molecule has 1 fully saturated rings. The monoisotopic (exact) mass is 429 g/mol. The maximum atomic E-state index is 12.8. The van der Waals surface area contributed by atoms with E-state index in [4.69, 9.17) is 27.7 Å². The van der Waals surface area contributed by atoms with Crippen molar-refractivity contribution in [3.63, 3.8) is 0 Å². The van der Waals surface area contributed by atoms with Crippen LogP contribution >= 0.6 is 23.2 Å². The zero-order valence-electron chi connectivity index (χ0n) is 16.1. The summed E-state index contributed by atoms with van der Waals surface area (Å²) in [6.45, 7) is 5.58. The number of halogens is 2. The van der Waals surface area contributed by atoms with Gasteiger partial charge in [-0.3, -0.25) is 9.69 Å². The highest BCUT2D eigenvalue weighted by molar-refractivity contribution is 6.35. The van der Waals surface area contributed by atoms with Crippen LogP contribution in [0.1, 0.15) is 21.6 Å². The number of aromatic nitrogens is 1. The topological polar surface area (TPSA) is 49.6 Å². The Morgan fingerprint density at radius 1 is 1.03 bits per heavy atom. The number of rotatable bonds is 4. The highest BCUT2D eigenvalue weighted by Gasteiger charge is 2.25. The fourth-order valence-electron chi connectivity index (χ4n) is 3.39. The van der Waals surface area contributed by atoms with Crippen LogP contribution in [0, 0.1) is 6.92 Å². The lowest BCUT2D eigenvalue weighted by molar-refractivity contribution is 0.0618. The lowest BCUT2D eigenvalue weighted by Crippen LogP contribution is -2.48. The molecule has 0 aliphatic carbocycles. The van der Waals surface area contributed by atoms with E-state index in [1.165, 1.54) is 5.56 Å². The van der Waals surface area contributed by atoms with Gasteiger partial charge in [0.1, 0.15) is 0 Å². The van der Waals surface area contributed by atoms with Crippen LogP contribution in [0.4, 0.5) is 0 Å². The van der Waals surface area contributed by atoms with E-state index in [9.17, 15) is 4.79 Å². The Labute approximate surface area is 179 Å². The molecule has 2 aromatic carbocycles. The number of carbonyl (C=O) groups is 1. The van der Waals surface area contributed by atoms with Gasteiger partial charge in [0.05, 0.1) is 0 Å². The third kappa shape index (κ3) is 4.64. The van der Waals surface area contributed by atoms with Crippen molar-refractivity contribution in [3.8, 4) is 11.3 Å². The van der Waals surface area contributed by atoms with Gasteiger partial charge in [-0.1, -0.05) is 64.3 Å². The fraction of sp³-hybridized carbons (Fsp3) is 0.273. The third-order valence-corrected chi connectivity index (χ3v) is 5.72. The Hall–Kier alpha value is -2.34. The predicted molar refractivity (Wildman–Crippen MR) is 114 cm³/mol. The second kappa shape index (κ2) is 8.57. The van der Waals surface area contributed by atoms with Gasteiger partial charge in [-0.15, -0.1) is 0 Å². The number of hydrogen-bond acceptors (Lipinski definition) is 4. The standard InChI is InChI=1S/C22H21Cl2N3O2/c1-15-2-4-16(5-3-15)21-13-20(25-29-21)22(28)27-10-8-26(9-11-27)14-17-6-7-18(23)12-19(17)24/h2-7,12-13H,8-11,14H2,1H3. The largest absolute Gasteiger partial charge is 0.355 e. The summed E-state index contributed by atoms with van der Waals surface area (Å²) in [5.41, 5.74) is 3.46. The second-order valence-electron chi connectivity index (χ2n) is 7.25. The van der Waals surface area contributed by atoms with Crippen molar-refractivity contribution in [2.24, 2.45) is 0 Å². The molecule has 2 heterocycles. The highest BCUT2D eigenvalue weighted by atomic mass is 35.5. The number of benzene rings is 2. The van der Waals surface area contributed by atoms with Crippen molar-refractivity contribution in [3.05, 3.63) is 75.4 Å². The summed E-state index contributed by atoms with van der Waals surface area (Å²) in [6.07, 6.45) is 0. The molecule has 7 heteroatoms. The first-order valence-corrected chi connectivity index (χ1v) is 10.2. The van der Waals surface area contributed by atoms with Crippen molar-refractivity contribution in [1.82, 2.24) is 15.0 Å². The molecular weight excluding hydrogens is 409 g/mol. The van der Waals surface area contributed by atoms with Gasteiger partial charge in [0, 0.05) is 54.4 Å². The molecule has 1 aromatic heterocycles. The lowest BCUT2D eigenvalue weighted by Gasteiger charge is -2.34. The molecule has 1 amide bonds. The summed E-state index contributed by atoms with van der Waals surface area (Å²) in [5, 5.41) is 5.29. The molecule has 0 atom stereocenters. The summed E-state index contributed by atoms with van der Waals surface area (Å²) in [5.74, 6) is 0.501. The van der Waals surface area contributed by atoms with E-state index in [1.807, 2.05) is 48.2 Å². The van der Waals surface area contributed by atoms with Gasteiger partial charge in [0.25, 0.3) is 5.91 Å². The van der Waals surface area contributed by atoms with Crippen LogP contribution in [0.5, 0.6) is 0 Å². The van der Waals surface area contributed by atoms with Crippen LogP contribution in [-0.4, -0.2) is 47.0 Å². The van der Waals surface area contributed by atoms with Crippen LogP contribution in [-0.2, 0) is 6.54 Å². The number of carbonyl (C=O) groups excluding carboxylic acids is 1. The van der Waals surface area contributed by atoms with Crippen LogP contribution in [0.25, 0.3) is 11.3 Å². The molecule has 0 saturated carbocycles. The molecule has 3 aromatic rings. The van der Waals surface area contributed by atoms with Crippen molar-refractivity contribution >= 4 is 29.1 Å². The molecule has 0 spiro atoms. The van der Waals surface area contributed by atoms with Crippen molar-refractivity contribution in [2.75, 3.05) is 26.2 Å². The molecule has 0 unspecified atom stereocenters. The highest BCUT2D eigenvalue weighted by Crippen LogP contribution is 2.24. The van der Waals surface area contributed by atoms with E-state index >= 15 is 0 Å². The van der Waals surface area contributed by atoms with E-state index in [1.54, 1.807) is 12.1 Å². The number of hydrogen-bond donors (Lipinski definition) is 0. The smallest absolute Gasteiger partial charge is 0.276 e. The third-order valence-electron chi connectivity index (χ3n) is 5.13. The number of amides is 1. The quantitative estimate of drug-likeness (QED) is 0.590. The lowest BCUT2D eigenvalue weighted by atomic mass is 10.1. The van der Waals surface area contributed by atoms with Gasteiger partial charge in [-0.05, 0) is 24.6 Å². The molecule has 29 heavy (non-hydrogen) atoms. The minimum atomic E-state index is -0.101. The van der Waals surface area contributed by atoms with Crippen molar-refractivity contribution in [1.29, 1.82) is 0 Å². The van der Waals surface area contributed by atoms with E-state index in [-0.39, 0.29) is 5.91 Å². The maximum Gasteiger partial charge on any atom is 0.276 e. The minimum absolute atomic E-state index is 0.101. The normalized spacial score (nSPS) is 14.9. The Bertz CT molecular complexity index is 1010. The molecule has 1 aliphatic heterocycles. The average molecular weight is 430 g/mol. The molecule has 0 N–H and O–H groups in total. The van der Waals surface area contributed by atoms with Gasteiger partial charge >= 0.3 is 0 Å². The minimum Gasteiger partial charge on any atom is -0.355 e. The average Bonchev–Trinajstić information content (AvgIpc) is 3.21. The first-order valence-electron chi connectivity index (χ1n) is 9.49. The van der Waals surface area contributed by atoms with E-state index in [0.717, 1.165) is 30.8 Å². The van der Waals surface area contributed by atoms with Gasteiger partial charge < -0.3 is 9.42 Å². The van der Waals surface area contributed by atoms with Gasteiger partial charge in [-0.25, -0.2) is 0 Å². The van der Waals surface area contributed by atoms with Gasteiger partial charge in [0.2, 0.25) is 0 Å². The van der Waals surface area contributed by atoms with Crippen LogP contribution in [0.15, 0.2) is 53.1 Å². The maximum absolute atomic E-state index is 12.8. The fourth-order valence-corrected chi connectivity index (χ4v) is 3.86. The molecule has 5 nitrogen and oxygen atoms in total. The van der Waals surface area contributed by atoms with Crippen LogP contribution < -0.4 is 0 Å². The SMILES string of the molecule is Cc1ccc(-c2cc(C(=O)N3CCN(Cc4ccc(Cl)cc4Cl)CC3)no2)cc1. The Morgan fingerprint density at radius 3 is 2.45 bits per heavy atom. The molecular formula is C22H21Cl2N3O2. The Morgan fingerprint density at radius 2 is 1.76 bits per heavy atom. The zero-order chi connectivity index (χ0) is 20.4. The van der Waals surface area contributed by atoms with Crippen LogP contribution in [0.2, 0.25) is 10.0 Å². The molecule has 150 valence electrons. The number of nitrogens with zero attached hydrogens (tertiary/aromatic N) is 3. The van der Waals surface area contributed by atoms with E-state index in [0.29, 0.717) is 34.6 Å². The second-order valence-corrected chi connectivity index (χ2v) is 8.09. The number of piperazine rings is 1. The first-order chi connectivity index (χ1) is 14.0. The Balaban J connectivity index is 1.36. The summed E-state index contributed by atoms with van der Waals surface area (Å²) < 4.78 is 5.39.